The summed E-state index contributed by atoms with van der Waals surface area (Å²) >= 11 is 0. The summed E-state index contributed by atoms with van der Waals surface area (Å²) in [6, 6.07) is 10.6. The van der Waals surface area contributed by atoms with E-state index in [9.17, 15) is 18.0 Å². The lowest BCUT2D eigenvalue weighted by atomic mass is 9.83. The largest absolute Gasteiger partial charge is 0.416 e. The molecule has 0 aliphatic rings. The fourth-order valence-electron chi connectivity index (χ4n) is 3.20. The lowest BCUT2D eigenvalue weighted by Crippen LogP contribution is -2.37. The molecule has 0 radical (unpaired) electrons. The first-order chi connectivity index (χ1) is 14.1. The van der Waals surface area contributed by atoms with Gasteiger partial charge in [0.25, 0.3) is 5.91 Å². The van der Waals surface area contributed by atoms with Crippen molar-refractivity contribution in [3.05, 3.63) is 77.2 Å². The molecular weight excluding hydrogens is 393 g/mol. The van der Waals surface area contributed by atoms with Gasteiger partial charge in [-0.15, -0.1) is 0 Å². The van der Waals surface area contributed by atoms with Crippen LogP contribution in [0.2, 0.25) is 0 Å². The van der Waals surface area contributed by atoms with Crippen LogP contribution >= 0.6 is 0 Å². The standard InChI is InChI=1S/C22H23F3N4O/c1-4-18-17(13-28-29(18)19-10-5-6-11-26-19)20(30)27-14-21(2,3)15-8-7-9-16(12-15)22(23,24)25/h5-13H,4,14H2,1-3H3,(H,27,30). The molecule has 1 N–H and O–H groups in total. The Morgan fingerprint density at radius 2 is 1.83 bits per heavy atom. The highest BCUT2D eigenvalue weighted by Crippen LogP contribution is 2.32. The second-order valence-electron chi connectivity index (χ2n) is 7.60. The molecule has 0 spiro atoms. The molecule has 3 aromatic rings. The van der Waals surface area contributed by atoms with E-state index in [0.717, 1.165) is 12.1 Å². The quantitative estimate of drug-likeness (QED) is 0.641. The smallest absolute Gasteiger partial charge is 0.351 e. The summed E-state index contributed by atoms with van der Waals surface area (Å²) in [4.78, 5) is 17.1. The van der Waals surface area contributed by atoms with Crippen LogP contribution in [0, 0.1) is 0 Å². The molecule has 1 aromatic carbocycles. The van der Waals surface area contributed by atoms with Gasteiger partial charge in [0, 0.05) is 18.2 Å². The molecule has 2 aromatic heterocycles. The Bertz CT molecular complexity index is 1030. The van der Waals surface area contributed by atoms with Crippen molar-refractivity contribution in [1.29, 1.82) is 0 Å². The Morgan fingerprint density at radius 3 is 2.47 bits per heavy atom. The van der Waals surface area contributed by atoms with Gasteiger partial charge in [-0.3, -0.25) is 4.79 Å². The molecule has 2 heterocycles. The highest BCUT2D eigenvalue weighted by atomic mass is 19.4. The molecule has 0 aliphatic heterocycles. The summed E-state index contributed by atoms with van der Waals surface area (Å²) in [5.41, 5.74) is 0.230. The lowest BCUT2D eigenvalue weighted by Gasteiger charge is -2.26. The minimum Gasteiger partial charge on any atom is -0.351 e. The first kappa shape index (κ1) is 21.5. The molecule has 0 saturated heterocycles. The zero-order valence-corrected chi connectivity index (χ0v) is 17.0. The third-order valence-corrected chi connectivity index (χ3v) is 4.98. The first-order valence-corrected chi connectivity index (χ1v) is 9.57. The number of nitrogens with one attached hydrogen (secondary N) is 1. The van der Waals surface area contributed by atoms with Gasteiger partial charge in [-0.1, -0.05) is 45.0 Å². The number of halogens is 3. The SMILES string of the molecule is CCc1c(C(=O)NCC(C)(C)c2cccc(C(F)(F)F)c2)cnn1-c1ccccn1. The van der Waals surface area contributed by atoms with Crippen LogP contribution in [0.3, 0.4) is 0 Å². The van der Waals surface area contributed by atoms with Gasteiger partial charge in [-0.25, -0.2) is 9.67 Å². The maximum Gasteiger partial charge on any atom is 0.416 e. The minimum absolute atomic E-state index is 0.172. The van der Waals surface area contributed by atoms with E-state index < -0.39 is 17.2 Å². The van der Waals surface area contributed by atoms with Crippen molar-refractivity contribution in [3.63, 3.8) is 0 Å². The first-order valence-electron chi connectivity index (χ1n) is 9.57. The number of carbonyl (C=O) groups excluding carboxylic acids is 1. The maximum absolute atomic E-state index is 13.0. The molecule has 0 fully saturated rings. The van der Waals surface area contributed by atoms with Gasteiger partial charge in [0.1, 0.15) is 0 Å². The Balaban J connectivity index is 1.78. The molecule has 0 saturated carbocycles. The second-order valence-corrected chi connectivity index (χ2v) is 7.60. The summed E-state index contributed by atoms with van der Waals surface area (Å²) in [5, 5.41) is 7.13. The number of pyridine rings is 1. The molecule has 30 heavy (non-hydrogen) atoms. The number of alkyl halides is 3. The number of rotatable bonds is 6. The Hall–Kier alpha value is -3.16. The van der Waals surface area contributed by atoms with Crippen molar-refractivity contribution in [2.24, 2.45) is 0 Å². The van der Waals surface area contributed by atoms with E-state index in [1.807, 2.05) is 13.0 Å². The summed E-state index contributed by atoms with van der Waals surface area (Å²) in [7, 11) is 0. The van der Waals surface area contributed by atoms with E-state index >= 15 is 0 Å². The van der Waals surface area contributed by atoms with E-state index in [1.54, 1.807) is 42.9 Å². The topological polar surface area (TPSA) is 59.8 Å². The third-order valence-electron chi connectivity index (χ3n) is 4.98. The number of hydrogen-bond acceptors (Lipinski definition) is 3. The zero-order valence-electron chi connectivity index (χ0n) is 17.0. The van der Waals surface area contributed by atoms with E-state index in [4.69, 9.17) is 0 Å². The highest BCUT2D eigenvalue weighted by Gasteiger charge is 2.32. The van der Waals surface area contributed by atoms with Gasteiger partial charge in [0.05, 0.1) is 23.0 Å². The van der Waals surface area contributed by atoms with E-state index in [-0.39, 0.29) is 12.5 Å². The third kappa shape index (κ3) is 4.53. The van der Waals surface area contributed by atoms with Crippen molar-refractivity contribution in [2.45, 2.75) is 38.8 Å². The van der Waals surface area contributed by atoms with Crippen molar-refractivity contribution in [1.82, 2.24) is 20.1 Å². The molecule has 0 aliphatic carbocycles. The molecule has 0 bridgehead atoms. The second kappa shape index (κ2) is 8.30. The van der Waals surface area contributed by atoms with E-state index in [2.05, 4.69) is 15.4 Å². The normalized spacial score (nSPS) is 12.1. The van der Waals surface area contributed by atoms with Gasteiger partial charge in [-0.05, 0) is 30.2 Å². The summed E-state index contributed by atoms with van der Waals surface area (Å²) in [5.74, 6) is 0.284. The molecule has 3 rings (SSSR count). The van der Waals surface area contributed by atoms with Crippen molar-refractivity contribution in [3.8, 4) is 5.82 Å². The minimum atomic E-state index is -4.41. The van der Waals surface area contributed by atoms with E-state index in [0.29, 0.717) is 29.1 Å². The fourth-order valence-corrected chi connectivity index (χ4v) is 3.20. The van der Waals surface area contributed by atoms with Crippen LogP contribution in [0.25, 0.3) is 5.82 Å². The van der Waals surface area contributed by atoms with Crippen LogP contribution in [0.1, 0.15) is 48.0 Å². The van der Waals surface area contributed by atoms with Crippen molar-refractivity contribution in [2.75, 3.05) is 6.54 Å². The van der Waals surface area contributed by atoms with Gasteiger partial charge >= 0.3 is 6.18 Å². The van der Waals surface area contributed by atoms with Crippen LogP contribution in [0.5, 0.6) is 0 Å². The van der Waals surface area contributed by atoms with Gasteiger partial charge in [0.2, 0.25) is 0 Å². The van der Waals surface area contributed by atoms with Crippen LogP contribution in [0.15, 0.2) is 54.9 Å². The molecule has 0 atom stereocenters. The van der Waals surface area contributed by atoms with E-state index in [1.165, 1.54) is 12.3 Å². The van der Waals surface area contributed by atoms with Crippen LogP contribution in [0.4, 0.5) is 13.2 Å². The predicted molar refractivity (Wildman–Crippen MR) is 108 cm³/mol. The maximum atomic E-state index is 13.0. The summed E-state index contributed by atoms with van der Waals surface area (Å²) in [6.07, 6.45) is -0.713. The molecule has 1 amide bonds. The lowest BCUT2D eigenvalue weighted by molar-refractivity contribution is -0.137. The van der Waals surface area contributed by atoms with Crippen LogP contribution in [-0.4, -0.2) is 27.2 Å². The highest BCUT2D eigenvalue weighted by molar-refractivity contribution is 5.95. The summed E-state index contributed by atoms with van der Waals surface area (Å²) in [6.45, 7) is 5.67. The molecule has 5 nitrogen and oxygen atoms in total. The zero-order chi connectivity index (χ0) is 21.9. The average molecular weight is 416 g/mol. The number of carbonyl (C=O) groups is 1. The number of hydrogen-bond donors (Lipinski definition) is 1. The predicted octanol–water partition coefficient (Wildman–Crippen LogP) is 4.56. The van der Waals surface area contributed by atoms with Crippen LogP contribution in [-0.2, 0) is 18.0 Å². The monoisotopic (exact) mass is 416 g/mol. The molecular formula is C22H23F3N4O. The van der Waals surface area contributed by atoms with Gasteiger partial charge < -0.3 is 5.32 Å². The van der Waals surface area contributed by atoms with Gasteiger partial charge in [0.15, 0.2) is 5.82 Å². The number of aromatic nitrogens is 3. The van der Waals surface area contributed by atoms with Crippen LogP contribution < -0.4 is 5.32 Å². The van der Waals surface area contributed by atoms with Crippen molar-refractivity contribution < 1.29 is 18.0 Å². The Kier molecular flexibility index (Phi) is 5.96. The van der Waals surface area contributed by atoms with Crippen molar-refractivity contribution >= 4 is 5.91 Å². The molecule has 8 heteroatoms. The molecule has 0 unspecified atom stereocenters. The number of benzene rings is 1. The summed E-state index contributed by atoms with van der Waals surface area (Å²) < 4.78 is 40.7. The molecule has 158 valence electrons. The Morgan fingerprint density at radius 1 is 1.10 bits per heavy atom. The van der Waals surface area contributed by atoms with Gasteiger partial charge in [-0.2, -0.15) is 18.3 Å². The number of amides is 1. The fraction of sp³-hybridized carbons (Fsp3) is 0.318. The Labute approximate surface area is 173 Å². The number of nitrogens with zero attached hydrogens (tertiary/aromatic N) is 3. The average Bonchev–Trinajstić information content (AvgIpc) is 3.16.